The van der Waals surface area contributed by atoms with Gasteiger partial charge in [0, 0.05) is 11.1 Å². The molecule has 0 spiro atoms. The predicted octanol–water partition coefficient (Wildman–Crippen LogP) is 9.81. The molecule has 4 heteroatoms. The van der Waals surface area contributed by atoms with E-state index in [2.05, 4.69) is 13.2 Å². The number of carbonyl (C=O) groups is 2. The van der Waals surface area contributed by atoms with Crippen molar-refractivity contribution in [1.82, 2.24) is 0 Å². The maximum atomic E-state index is 11.3. The van der Waals surface area contributed by atoms with Crippen molar-refractivity contribution in [3.8, 4) is 0 Å². The first-order chi connectivity index (χ1) is 17.4. The van der Waals surface area contributed by atoms with E-state index in [0.717, 1.165) is 25.7 Å². The SMILES string of the molecule is C=C(C)C(=O)OCCCCCCCCCCCCCCCCCCCCCCCCOC(=O)C(=C)C. The zero-order valence-corrected chi connectivity index (χ0v) is 24.0. The van der Waals surface area contributed by atoms with Crippen LogP contribution < -0.4 is 0 Å². The molecule has 0 aromatic rings. The van der Waals surface area contributed by atoms with Gasteiger partial charge in [-0.3, -0.25) is 0 Å². The van der Waals surface area contributed by atoms with Gasteiger partial charge in [-0.25, -0.2) is 9.59 Å². The molecule has 0 saturated carbocycles. The summed E-state index contributed by atoms with van der Waals surface area (Å²) in [7, 11) is 0. The molecule has 36 heavy (non-hydrogen) atoms. The molecule has 210 valence electrons. The van der Waals surface area contributed by atoms with Gasteiger partial charge in [-0.05, 0) is 26.7 Å². The first kappa shape index (κ1) is 34.4. The van der Waals surface area contributed by atoms with Gasteiger partial charge in [0.15, 0.2) is 0 Å². The lowest BCUT2D eigenvalue weighted by atomic mass is 10.0. The van der Waals surface area contributed by atoms with Crippen LogP contribution in [0, 0.1) is 0 Å². The average Bonchev–Trinajstić information content (AvgIpc) is 2.85. The topological polar surface area (TPSA) is 52.6 Å². The van der Waals surface area contributed by atoms with Crippen LogP contribution in [-0.2, 0) is 19.1 Å². The van der Waals surface area contributed by atoms with Gasteiger partial charge >= 0.3 is 11.9 Å². The third-order valence-corrected chi connectivity index (χ3v) is 6.70. The third kappa shape index (κ3) is 25.5. The second kappa shape index (κ2) is 26.5. The fourth-order valence-electron chi connectivity index (χ4n) is 4.32. The van der Waals surface area contributed by atoms with Crippen LogP contribution >= 0.6 is 0 Å². The molecule has 0 rings (SSSR count). The molecule has 0 bridgehead atoms. The summed E-state index contributed by atoms with van der Waals surface area (Å²) in [4.78, 5) is 22.5. The number of ether oxygens (including phenoxy) is 2. The highest BCUT2D eigenvalue weighted by molar-refractivity contribution is 5.87. The van der Waals surface area contributed by atoms with Gasteiger partial charge in [0.1, 0.15) is 0 Å². The highest BCUT2D eigenvalue weighted by atomic mass is 16.5. The molecule has 0 radical (unpaired) electrons. The Labute approximate surface area is 223 Å². The van der Waals surface area contributed by atoms with E-state index >= 15 is 0 Å². The summed E-state index contributed by atoms with van der Waals surface area (Å²) in [5.41, 5.74) is 0.970. The van der Waals surface area contributed by atoms with Crippen LogP contribution in [0.5, 0.6) is 0 Å². The Morgan fingerprint density at radius 3 is 0.722 bits per heavy atom. The van der Waals surface area contributed by atoms with E-state index in [1.165, 1.54) is 116 Å². The average molecular weight is 507 g/mol. The van der Waals surface area contributed by atoms with Crippen LogP contribution in [-0.4, -0.2) is 25.2 Å². The monoisotopic (exact) mass is 506 g/mol. The number of carbonyl (C=O) groups excluding carboxylic acids is 2. The minimum atomic E-state index is -0.261. The van der Waals surface area contributed by atoms with Crippen LogP contribution in [0.1, 0.15) is 155 Å². The Balaban J connectivity index is 3.11. The molecule has 0 fully saturated rings. The molecule has 0 saturated heterocycles. The van der Waals surface area contributed by atoms with E-state index < -0.39 is 0 Å². The van der Waals surface area contributed by atoms with Crippen molar-refractivity contribution < 1.29 is 19.1 Å². The first-order valence-corrected chi connectivity index (χ1v) is 15.1. The van der Waals surface area contributed by atoms with Gasteiger partial charge in [0.2, 0.25) is 0 Å². The summed E-state index contributed by atoms with van der Waals surface area (Å²) in [6.45, 7) is 11.6. The van der Waals surface area contributed by atoms with Crippen LogP contribution in [0.3, 0.4) is 0 Å². The fourth-order valence-corrected chi connectivity index (χ4v) is 4.32. The number of hydrogen-bond acceptors (Lipinski definition) is 4. The molecular formula is C32H58O4. The normalized spacial score (nSPS) is 10.8. The van der Waals surface area contributed by atoms with Crippen LogP contribution in [0.25, 0.3) is 0 Å². The molecule has 0 atom stereocenters. The van der Waals surface area contributed by atoms with Crippen molar-refractivity contribution in [3.05, 3.63) is 24.3 Å². The van der Waals surface area contributed by atoms with Gasteiger partial charge < -0.3 is 9.47 Å². The maximum Gasteiger partial charge on any atom is 0.333 e. The van der Waals surface area contributed by atoms with E-state index in [1.54, 1.807) is 13.8 Å². The Morgan fingerprint density at radius 1 is 0.389 bits per heavy atom. The van der Waals surface area contributed by atoms with E-state index in [0.29, 0.717) is 24.4 Å². The lowest BCUT2D eigenvalue weighted by Gasteiger charge is -2.05. The van der Waals surface area contributed by atoms with E-state index in [4.69, 9.17) is 9.47 Å². The largest absolute Gasteiger partial charge is 0.462 e. The zero-order chi connectivity index (χ0) is 26.7. The quantitative estimate of drug-likeness (QED) is 0.0632. The standard InChI is InChI=1S/C32H58O4/c1-29(2)31(33)35-27-25-23-21-19-17-15-13-11-9-7-5-6-8-10-12-14-16-18-20-22-24-26-28-36-32(34)30(3)4/h1,3,5-28H2,2,4H3. The molecule has 0 aromatic heterocycles. The molecule has 0 aromatic carbocycles. The van der Waals surface area contributed by atoms with E-state index in [9.17, 15) is 9.59 Å². The minimum absolute atomic E-state index is 0.261. The Bertz CT molecular complexity index is 517. The smallest absolute Gasteiger partial charge is 0.333 e. The van der Waals surface area contributed by atoms with Gasteiger partial charge in [-0.1, -0.05) is 142 Å². The van der Waals surface area contributed by atoms with Crippen molar-refractivity contribution in [2.24, 2.45) is 0 Å². The second-order valence-corrected chi connectivity index (χ2v) is 10.6. The number of hydrogen-bond donors (Lipinski definition) is 0. The third-order valence-electron chi connectivity index (χ3n) is 6.70. The molecule has 0 amide bonds. The second-order valence-electron chi connectivity index (χ2n) is 10.6. The summed E-state index contributed by atoms with van der Waals surface area (Å²) in [6.07, 6.45) is 28.8. The van der Waals surface area contributed by atoms with Crippen molar-refractivity contribution in [3.63, 3.8) is 0 Å². The maximum absolute atomic E-state index is 11.3. The van der Waals surface area contributed by atoms with Crippen LogP contribution in [0.2, 0.25) is 0 Å². The molecule has 0 aliphatic carbocycles. The summed E-state index contributed by atoms with van der Waals surface area (Å²) in [6, 6.07) is 0. The Hall–Kier alpha value is -1.58. The molecule has 0 heterocycles. The Kier molecular flexibility index (Phi) is 25.3. The lowest BCUT2D eigenvalue weighted by molar-refractivity contribution is -0.139. The summed E-state index contributed by atoms with van der Waals surface area (Å²) >= 11 is 0. The lowest BCUT2D eigenvalue weighted by Crippen LogP contribution is -2.05. The van der Waals surface area contributed by atoms with Crippen molar-refractivity contribution >= 4 is 11.9 Å². The molecule has 0 aliphatic heterocycles. The molecular weight excluding hydrogens is 448 g/mol. The fraction of sp³-hybridized carbons (Fsp3) is 0.812. The van der Waals surface area contributed by atoms with Crippen LogP contribution in [0.4, 0.5) is 0 Å². The number of esters is 2. The van der Waals surface area contributed by atoms with Gasteiger partial charge in [-0.2, -0.15) is 0 Å². The molecule has 0 aliphatic rings. The Morgan fingerprint density at radius 2 is 0.556 bits per heavy atom. The summed E-state index contributed by atoms with van der Waals surface area (Å²) < 4.78 is 10.2. The van der Waals surface area contributed by atoms with Gasteiger partial charge in [0.25, 0.3) is 0 Å². The van der Waals surface area contributed by atoms with Gasteiger partial charge in [-0.15, -0.1) is 0 Å². The number of rotatable bonds is 27. The molecule has 0 unspecified atom stereocenters. The summed E-state index contributed by atoms with van der Waals surface area (Å²) in [5.74, 6) is -0.523. The van der Waals surface area contributed by atoms with E-state index in [-0.39, 0.29) is 11.9 Å². The molecule has 4 nitrogen and oxygen atoms in total. The van der Waals surface area contributed by atoms with Crippen LogP contribution in [0.15, 0.2) is 24.3 Å². The van der Waals surface area contributed by atoms with Crippen molar-refractivity contribution in [2.75, 3.05) is 13.2 Å². The summed E-state index contributed by atoms with van der Waals surface area (Å²) in [5, 5.41) is 0. The van der Waals surface area contributed by atoms with E-state index in [1.807, 2.05) is 0 Å². The molecule has 0 N–H and O–H groups in total. The zero-order valence-electron chi connectivity index (χ0n) is 24.0. The first-order valence-electron chi connectivity index (χ1n) is 15.1. The highest BCUT2D eigenvalue weighted by Gasteiger charge is 2.03. The predicted molar refractivity (Wildman–Crippen MR) is 153 cm³/mol. The van der Waals surface area contributed by atoms with Gasteiger partial charge in [0.05, 0.1) is 13.2 Å². The highest BCUT2D eigenvalue weighted by Crippen LogP contribution is 2.15. The van der Waals surface area contributed by atoms with Crippen molar-refractivity contribution in [1.29, 1.82) is 0 Å². The number of unbranched alkanes of at least 4 members (excludes halogenated alkanes) is 21. The van der Waals surface area contributed by atoms with Crippen molar-refractivity contribution in [2.45, 2.75) is 155 Å². The minimum Gasteiger partial charge on any atom is -0.462 e.